The zero-order valence-electron chi connectivity index (χ0n) is 13.6. The third-order valence-corrected chi connectivity index (χ3v) is 3.38. The molecule has 1 rings (SSSR count). The molecule has 118 valence electrons. The van der Waals surface area contributed by atoms with Crippen molar-refractivity contribution in [3.8, 4) is 5.75 Å². The van der Waals surface area contributed by atoms with E-state index in [0.717, 1.165) is 30.7 Å². The maximum absolute atomic E-state index is 11.9. The Morgan fingerprint density at radius 2 is 1.86 bits per heavy atom. The molecule has 0 aliphatic heterocycles. The van der Waals surface area contributed by atoms with Crippen molar-refractivity contribution < 1.29 is 9.53 Å². The highest BCUT2D eigenvalue weighted by molar-refractivity contribution is 5.77. The highest BCUT2D eigenvalue weighted by atomic mass is 16.5. The normalized spacial score (nSPS) is 11.0. The summed E-state index contributed by atoms with van der Waals surface area (Å²) in [6.07, 6.45) is 1.88. The number of benzene rings is 1. The van der Waals surface area contributed by atoms with Crippen LogP contribution in [0.4, 0.5) is 0 Å². The Bertz CT molecular complexity index is 429. The van der Waals surface area contributed by atoms with Gasteiger partial charge in [0.15, 0.2) is 6.61 Å². The molecule has 4 heteroatoms. The van der Waals surface area contributed by atoms with E-state index >= 15 is 0 Å². The van der Waals surface area contributed by atoms with Gasteiger partial charge in [0, 0.05) is 24.2 Å². The fourth-order valence-corrected chi connectivity index (χ4v) is 2.01. The second kappa shape index (κ2) is 9.40. The van der Waals surface area contributed by atoms with E-state index in [9.17, 15) is 4.79 Å². The molecule has 0 unspecified atom stereocenters. The third-order valence-electron chi connectivity index (χ3n) is 3.38. The smallest absolute Gasteiger partial charge is 0.258 e. The van der Waals surface area contributed by atoms with Gasteiger partial charge in [-0.3, -0.25) is 4.79 Å². The number of ether oxygens (including phenoxy) is 1. The summed E-state index contributed by atoms with van der Waals surface area (Å²) in [5, 5.41) is 6.34. The molecule has 1 aromatic rings. The van der Waals surface area contributed by atoms with Gasteiger partial charge in [0.1, 0.15) is 5.75 Å². The van der Waals surface area contributed by atoms with Gasteiger partial charge in [-0.25, -0.2) is 0 Å². The van der Waals surface area contributed by atoms with Gasteiger partial charge in [0.05, 0.1) is 0 Å². The Balaban J connectivity index is 2.52. The summed E-state index contributed by atoms with van der Waals surface area (Å²) in [6.45, 7) is 9.15. The molecule has 4 nitrogen and oxygen atoms in total. The number of hydrogen-bond donors (Lipinski definition) is 2. The van der Waals surface area contributed by atoms with E-state index in [4.69, 9.17) is 4.74 Å². The number of rotatable bonds is 9. The van der Waals surface area contributed by atoms with Crippen molar-refractivity contribution in [3.05, 3.63) is 29.8 Å². The lowest BCUT2D eigenvalue weighted by Crippen LogP contribution is -2.37. The first-order chi connectivity index (χ1) is 10.1. The van der Waals surface area contributed by atoms with Crippen LogP contribution >= 0.6 is 0 Å². The van der Waals surface area contributed by atoms with Crippen molar-refractivity contribution >= 4 is 5.91 Å². The van der Waals surface area contributed by atoms with Crippen LogP contribution in [0, 0.1) is 0 Å². The summed E-state index contributed by atoms with van der Waals surface area (Å²) >= 11 is 0. The van der Waals surface area contributed by atoms with Crippen LogP contribution in [-0.2, 0) is 11.3 Å². The fraction of sp³-hybridized carbons (Fsp3) is 0.588. The van der Waals surface area contributed by atoms with E-state index < -0.39 is 0 Å². The topological polar surface area (TPSA) is 50.4 Å². The summed E-state index contributed by atoms with van der Waals surface area (Å²) < 4.78 is 5.67. The minimum absolute atomic E-state index is 0.0599. The largest absolute Gasteiger partial charge is 0.483 e. The molecular weight excluding hydrogens is 264 g/mol. The van der Waals surface area contributed by atoms with Crippen LogP contribution in [-0.4, -0.2) is 24.6 Å². The van der Waals surface area contributed by atoms with E-state index in [0.29, 0.717) is 6.04 Å². The molecule has 0 aliphatic carbocycles. The van der Waals surface area contributed by atoms with Crippen LogP contribution in [0.1, 0.15) is 46.1 Å². The Labute approximate surface area is 128 Å². The van der Waals surface area contributed by atoms with Gasteiger partial charge in [-0.15, -0.1) is 0 Å². The Morgan fingerprint density at radius 1 is 1.19 bits per heavy atom. The molecule has 0 atom stereocenters. The maximum atomic E-state index is 11.9. The van der Waals surface area contributed by atoms with Crippen LogP contribution in [0.25, 0.3) is 0 Å². The van der Waals surface area contributed by atoms with Gasteiger partial charge in [-0.2, -0.15) is 0 Å². The number of amides is 1. The van der Waals surface area contributed by atoms with Crippen molar-refractivity contribution in [1.29, 1.82) is 0 Å². The van der Waals surface area contributed by atoms with Gasteiger partial charge in [-0.1, -0.05) is 45.9 Å². The lowest BCUT2D eigenvalue weighted by molar-refractivity contribution is -0.123. The van der Waals surface area contributed by atoms with Crippen molar-refractivity contribution in [2.45, 2.75) is 59.2 Å². The Hall–Kier alpha value is -1.55. The molecule has 21 heavy (non-hydrogen) atoms. The van der Waals surface area contributed by atoms with Crippen LogP contribution in [0.3, 0.4) is 0 Å². The summed E-state index contributed by atoms with van der Waals surface area (Å²) in [5.41, 5.74) is 1.07. The number of carbonyl (C=O) groups is 1. The van der Waals surface area contributed by atoms with Crippen LogP contribution in [0.15, 0.2) is 24.3 Å². The summed E-state index contributed by atoms with van der Waals surface area (Å²) in [4.78, 5) is 11.9. The first-order valence-electron chi connectivity index (χ1n) is 7.80. The number of para-hydroxylation sites is 1. The fourth-order valence-electron chi connectivity index (χ4n) is 2.01. The molecule has 0 aliphatic rings. The van der Waals surface area contributed by atoms with Gasteiger partial charge in [0.25, 0.3) is 5.91 Å². The lowest BCUT2D eigenvalue weighted by Gasteiger charge is -2.16. The molecule has 0 heterocycles. The minimum atomic E-state index is -0.0599. The summed E-state index contributed by atoms with van der Waals surface area (Å²) in [5.74, 6) is 0.709. The zero-order valence-corrected chi connectivity index (χ0v) is 13.6. The molecule has 0 fully saturated rings. The van der Waals surface area contributed by atoms with Crippen molar-refractivity contribution in [3.63, 3.8) is 0 Å². The molecule has 2 N–H and O–H groups in total. The predicted octanol–water partition coefficient (Wildman–Crippen LogP) is 2.87. The lowest BCUT2D eigenvalue weighted by atomic mass is 10.2. The average molecular weight is 292 g/mol. The van der Waals surface area contributed by atoms with Crippen LogP contribution in [0.2, 0.25) is 0 Å². The van der Waals surface area contributed by atoms with Crippen molar-refractivity contribution in [2.75, 3.05) is 6.61 Å². The summed E-state index contributed by atoms with van der Waals surface area (Å²) in [7, 11) is 0. The molecule has 1 amide bonds. The number of hydrogen-bond acceptors (Lipinski definition) is 3. The number of carbonyl (C=O) groups excluding carboxylic acids is 1. The average Bonchev–Trinajstić information content (AvgIpc) is 2.49. The van der Waals surface area contributed by atoms with E-state index in [2.05, 4.69) is 38.3 Å². The van der Waals surface area contributed by atoms with E-state index in [1.54, 1.807) is 0 Å². The molecule has 1 aromatic carbocycles. The van der Waals surface area contributed by atoms with Gasteiger partial charge in [-0.05, 0) is 18.9 Å². The molecule has 0 saturated carbocycles. The van der Waals surface area contributed by atoms with Crippen LogP contribution in [0.5, 0.6) is 5.75 Å². The highest BCUT2D eigenvalue weighted by Crippen LogP contribution is 2.17. The van der Waals surface area contributed by atoms with E-state index in [1.807, 2.05) is 24.3 Å². The molecular formula is C17H28N2O2. The predicted molar refractivity (Wildman–Crippen MR) is 86.4 cm³/mol. The van der Waals surface area contributed by atoms with E-state index in [-0.39, 0.29) is 18.6 Å². The SMILES string of the molecule is CCC(CC)NC(=O)COc1ccccc1CNC(C)C. The molecule has 0 radical (unpaired) electrons. The van der Waals surface area contributed by atoms with Crippen molar-refractivity contribution in [1.82, 2.24) is 10.6 Å². The molecule has 0 spiro atoms. The van der Waals surface area contributed by atoms with E-state index in [1.165, 1.54) is 0 Å². The zero-order chi connectivity index (χ0) is 15.7. The van der Waals surface area contributed by atoms with Gasteiger partial charge < -0.3 is 15.4 Å². The first-order valence-corrected chi connectivity index (χ1v) is 7.80. The molecule has 0 bridgehead atoms. The Kier molecular flexibility index (Phi) is 7.83. The monoisotopic (exact) mass is 292 g/mol. The standard InChI is InChI=1S/C17H28N2O2/c1-5-15(6-2)19-17(20)12-21-16-10-8-7-9-14(16)11-18-13(3)4/h7-10,13,15,18H,5-6,11-12H2,1-4H3,(H,19,20). The second-order valence-corrected chi connectivity index (χ2v) is 5.51. The number of nitrogens with one attached hydrogen (secondary N) is 2. The minimum Gasteiger partial charge on any atom is -0.483 e. The second-order valence-electron chi connectivity index (χ2n) is 5.51. The highest BCUT2D eigenvalue weighted by Gasteiger charge is 2.10. The van der Waals surface area contributed by atoms with Gasteiger partial charge in [0.2, 0.25) is 0 Å². The quantitative estimate of drug-likeness (QED) is 0.736. The van der Waals surface area contributed by atoms with Crippen LogP contribution < -0.4 is 15.4 Å². The first kappa shape index (κ1) is 17.5. The van der Waals surface area contributed by atoms with Crippen molar-refractivity contribution in [2.24, 2.45) is 0 Å². The molecule has 0 saturated heterocycles. The van der Waals surface area contributed by atoms with Gasteiger partial charge >= 0.3 is 0 Å². The maximum Gasteiger partial charge on any atom is 0.258 e. The third kappa shape index (κ3) is 6.63. The Morgan fingerprint density at radius 3 is 2.48 bits per heavy atom. The summed E-state index contributed by atoms with van der Waals surface area (Å²) in [6, 6.07) is 8.47. The molecule has 0 aromatic heterocycles.